The highest BCUT2D eigenvalue weighted by molar-refractivity contribution is 6.21. The van der Waals surface area contributed by atoms with E-state index >= 15 is 8.78 Å². The molecule has 0 spiro atoms. The largest absolute Gasteiger partial charge is 0.367 e. The van der Waals surface area contributed by atoms with Crippen molar-refractivity contribution in [2.24, 2.45) is 0 Å². The third kappa shape index (κ3) is 5.10. The zero-order valence-corrected chi connectivity index (χ0v) is 22.3. The Morgan fingerprint density at radius 2 is 1.64 bits per heavy atom. The van der Waals surface area contributed by atoms with E-state index < -0.39 is 29.5 Å². The van der Waals surface area contributed by atoms with Gasteiger partial charge in [0.1, 0.15) is 30.0 Å². The molecule has 0 radical (unpaired) electrons. The number of aromatic amines is 1. The molecule has 9 nitrogen and oxygen atoms in total. The number of aromatic nitrogens is 3. The van der Waals surface area contributed by atoms with Crippen molar-refractivity contribution in [3.63, 3.8) is 0 Å². The van der Waals surface area contributed by atoms with Crippen LogP contribution in [-0.4, -0.2) is 62.6 Å². The van der Waals surface area contributed by atoms with E-state index in [2.05, 4.69) is 15.4 Å². The number of rotatable bonds is 8. The lowest BCUT2D eigenvalue weighted by Crippen LogP contribution is -2.37. The minimum Gasteiger partial charge on any atom is -0.367 e. The number of ether oxygens (including phenoxy) is 1. The highest BCUT2D eigenvalue weighted by Gasteiger charge is 2.42. The van der Waals surface area contributed by atoms with Crippen LogP contribution < -0.4 is 0 Å². The molecule has 0 saturated carbocycles. The highest BCUT2D eigenvalue weighted by Crippen LogP contribution is 2.37. The summed E-state index contributed by atoms with van der Waals surface area (Å²) in [4.78, 5) is 41.6. The second-order valence-electron chi connectivity index (χ2n) is 9.98. The van der Waals surface area contributed by atoms with Crippen molar-refractivity contribution in [1.82, 2.24) is 25.2 Å². The SMILES string of the molecule is O=C(COCc1ccccc1)N1CC=C(c2c(F)cc(C(c3cn[nH]n3)N3C(=O)c4ccccc4C3=O)cc2F)CC1. The number of H-pyrrole nitrogens is 1. The summed E-state index contributed by atoms with van der Waals surface area (Å²) in [5, 5.41) is 10.2. The molecular formula is C31H25F2N5O4. The average molecular weight is 570 g/mol. The number of benzene rings is 3. The van der Waals surface area contributed by atoms with E-state index in [9.17, 15) is 14.4 Å². The first-order valence-corrected chi connectivity index (χ1v) is 13.3. The lowest BCUT2D eigenvalue weighted by atomic mass is 9.94. The predicted molar refractivity (Wildman–Crippen MR) is 147 cm³/mol. The summed E-state index contributed by atoms with van der Waals surface area (Å²) in [7, 11) is 0. The Balaban J connectivity index is 1.21. The first-order valence-electron chi connectivity index (χ1n) is 13.3. The van der Waals surface area contributed by atoms with Gasteiger partial charge in [0.05, 0.1) is 23.9 Å². The standard InChI is InChI=1S/C31H25F2N5O4/c32-24-14-21(29(26-16-34-36-35-26)38-30(40)22-8-4-5-9-23(22)31(38)41)15-25(33)28(24)20-10-12-37(13-11-20)27(39)18-42-17-19-6-2-1-3-7-19/h1-10,14-16,29H,11-13,17-18H2,(H,34,35,36). The molecule has 0 bridgehead atoms. The van der Waals surface area contributed by atoms with Crippen molar-refractivity contribution >= 4 is 23.3 Å². The lowest BCUT2D eigenvalue weighted by Gasteiger charge is -2.28. The summed E-state index contributed by atoms with van der Waals surface area (Å²) >= 11 is 0. The van der Waals surface area contributed by atoms with Crippen molar-refractivity contribution in [1.29, 1.82) is 0 Å². The van der Waals surface area contributed by atoms with Gasteiger partial charge in [-0.25, -0.2) is 8.78 Å². The third-order valence-corrected chi connectivity index (χ3v) is 7.40. The molecule has 3 aromatic carbocycles. The van der Waals surface area contributed by atoms with Crippen LogP contribution in [0.1, 0.15) is 55.6 Å². The summed E-state index contributed by atoms with van der Waals surface area (Å²) in [5.41, 5.74) is 1.74. The van der Waals surface area contributed by atoms with Gasteiger partial charge in [-0.3, -0.25) is 19.3 Å². The molecule has 2 aliphatic rings. The Morgan fingerprint density at radius 3 is 2.24 bits per heavy atom. The molecular weight excluding hydrogens is 544 g/mol. The quantitative estimate of drug-likeness (QED) is 0.317. The van der Waals surface area contributed by atoms with E-state index in [-0.39, 0.29) is 60.0 Å². The number of hydrogen-bond acceptors (Lipinski definition) is 6. The maximum absolute atomic E-state index is 15.6. The number of halogens is 2. The van der Waals surface area contributed by atoms with Gasteiger partial charge in [-0.2, -0.15) is 15.4 Å². The number of imide groups is 1. The van der Waals surface area contributed by atoms with Crippen LogP contribution in [0.5, 0.6) is 0 Å². The van der Waals surface area contributed by atoms with Gasteiger partial charge in [0, 0.05) is 18.7 Å². The van der Waals surface area contributed by atoms with Gasteiger partial charge in [0.15, 0.2) is 0 Å². The fraction of sp³-hybridized carbons (Fsp3) is 0.194. The maximum atomic E-state index is 15.6. The lowest BCUT2D eigenvalue weighted by molar-refractivity contribution is -0.136. The smallest absolute Gasteiger partial charge is 0.262 e. The number of nitrogens with one attached hydrogen (secondary N) is 1. The zero-order chi connectivity index (χ0) is 29.2. The molecule has 212 valence electrons. The van der Waals surface area contributed by atoms with Crippen molar-refractivity contribution in [2.75, 3.05) is 19.7 Å². The van der Waals surface area contributed by atoms with E-state index in [4.69, 9.17) is 4.74 Å². The Bertz CT molecular complexity index is 1630. The van der Waals surface area contributed by atoms with Crippen LogP contribution in [0.3, 0.4) is 0 Å². The predicted octanol–water partition coefficient (Wildman–Crippen LogP) is 4.30. The monoisotopic (exact) mass is 569 g/mol. The molecule has 1 aromatic heterocycles. The number of hydrogen-bond donors (Lipinski definition) is 1. The first kappa shape index (κ1) is 27.2. The van der Waals surface area contributed by atoms with E-state index in [1.165, 1.54) is 18.3 Å². The van der Waals surface area contributed by atoms with Gasteiger partial charge in [-0.15, -0.1) is 0 Å². The van der Waals surface area contributed by atoms with Crippen molar-refractivity contribution in [3.05, 3.63) is 124 Å². The van der Waals surface area contributed by atoms with Crippen LogP contribution in [0.2, 0.25) is 0 Å². The van der Waals surface area contributed by atoms with E-state index in [0.717, 1.165) is 22.6 Å². The molecule has 3 heterocycles. The molecule has 6 rings (SSSR count). The molecule has 11 heteroatoms. The summed E-state index contributed by atoms with van der Waals surface area (Å²) in [6.07, 6.45) is 3.17. The second kappa shape index (κ2) is 11.5. The van der Waals surface area contributed by atoms with Crippen molar-refractivity contribution in [3.8, 4) is 0 Å². The molecule has 0 saturated heterocycles. The molecule has 1 atom stereocenters. The topological polar surface area (TPSA) is 108 Å². The number of carbonyl (C=O) groups is 3. The molecule has 2 aliphatic heterocycles. The van der Waals surface area contributed by atoms with E-state index in [1.807, 2.05) is 30.3 Å². The third-order valence-electron chi connectivity index (χ3n) is 7.40. The minimum absolute atomic E-state index is 0.0286. The van der Waals surface area contributed by atoms with E-state index in [1.54, 1.807) is 23.1 Å². The molecule has 0 aliphatic carbocycles. The van der Waals surface area contributed by atoms with Gasteiger partial charge < -0.3 is 9.64 Å². The van der Waals surface area contributed by atoms with Crippen LogP contribution in [0, 0.1) is 11.6 Å². The number of amides is 3. The van der Waals surface area contributed by atoms with Crippen molar-refractivity contribution in [2.45, 2.75) is 19.1 Å². The van der Waals surface area contributed by atoms with Gasteiger partial charge in [0.2, 0.25) is 5.91 Å². The van der Waals surface area contributed by atoms with Gasteiger partial charge in [-0.1, -0.05) is 48.5 Å². The Hall–Kier alpha value is -5.03. The maximum Gasteiger partial charge on any atom is 0.262 e. The first-order chi connectivity index (χ1) is 20.4. The molecule has 1 N–H and O–H groups in total. The van der Waals surface area contributed by atoms with Crippen molar-refractivity contribution < 1.29 is 27.9 Å². The molecule has 4 aromatic rings. The minimum atomic E-state index is -1.21. The Kier molecular flexibility index (Phi) is 7.41. The molecule has 3 amide bonds. The Morgan fingerprint density at radius 1 is 0.976 bits per heavy atom. The normalized spacial score (nSPS) is 15.5. The highest BCUT2D eigenvalue weighted by atomic mass is 19.1. The summed E-state index contributed by atoms with van der Waals surface area (Å²) in [5.74, 6) is -3.12. The number of fused-ring (bicyclic) bond motifs is 1. The summed E-state index contributed by atoms with van der Waals surface area (Å²) in [6.45, 7) is 0.660. The second-order valence-corrected chi connectivity index (χ2v) is 9.98. The van der Waals surface area contributed by atoms with Crippen LogP contribution in [-0.2, 0) is 16.1 Å². The van der Waals surface area contributed by atoms with Gasteiger partial charge in [0.25, 0.3) is 11.8 Å². The van der Waals surface area contributed by atoms with Crippen LogP contribution in [0.25, 0.3) is 5.57 Å². The van der Waals surface area contributed by atoms with Crippen LogP contribution in [0.15, 0.2) is 79.0 Å². The number of carbonyl (C=O) groups excluding carboxylic acids is 3. The van der Waals surface area contributed by atoms with Crippen LogP contribution >= 0.6 is 0 Å². The summed E-state index contributed by atoms with van der Waals surface area (Å²) in [6, 6.07) is 16.8. The average Bonchev–Trinajstić information content (AvgIpc) is 3.62. The summed E-state index contributed by atoms with van der Waals surface area (Å²) < 4.78 is 36.8. The van der Waals surface area contributed by atoms with Gasteiger partial charge >= 0.3 is 0 Å². The van der Waals surface area contributed by atoms with E-state index in [0.29, 0.717) is 12.2 Å². The molecule has 1 unspecified atom stereocenters. The molecule has 0 fully saturated rings. The fourth-order valence-electron chi connectivity index (χ4n) is 5.34. The van der Waals surface area contributed by atoms with Gasteiger partial charge in [-0.05, 0) is 47.4 Å². The fourth-order valence-corrected chi connectivity index (χ4v) is 5.34. The number of nitrogens with zero attached hydrogens (tertiary/aromatic N) is 4. The van der Waals surface area contributed by atoms with Crippen LogP contribution in [0.4, 0.5) is 8.78 Å². The molecule has 42 heavy (non-hydrogen) atoms. The Labute approximate surface area is 239 Å². The zero-order valence-electron chi connectivity index (χ0n) is 22.3.